The van der Waals surface area contributed by atoms with E-state index in [4.69, 9.17) is 4.18 Å². The number of benzene rings is 1. The van der Waals surface area contributed by atoms with Crippen LogP contribution in [0.4, 0.5) is 10.1 Å². The third-order valence-electron chi connectivity index (χ3n) is 2.12. The lowest BCUT2D eigenvalue weighted by molar-refractivity contribution is 0.337. The van der Waals surface area contributed by atoms with E-state index in [2.05, 4.69) is 5.32 Å². The molecule has 1 aromatic carbocycles. The van der Waals surface area contributed by atoms with Crippen molar-refractivity contribution in [2.45, 2.75) is 12.5 Å². The molecule has 1 aliphatic rings. The first-order chi connectivity index (χ1) is 6.84. The van der Waals surface area contributed by atoms with Crippen LogP contribution in [-0.4, -0.2) is 18.4 Å². The molecule has 0 spiro atoms. The van der Waals surface area contributed by atoms with Gasteiger partial charge in [-0.15, -0.1) is 0 Å². The molecule has 1 N–H and O–H groups in total. The molecule has 76 valence electrons. The molecule has 1 aliphatic heterocycles. The van der Waals surface area contributed by atoms with Gasteiger partial charge in [-0.3, -0.25) is 0 Å². The van der Waals surface area contributed by atoms with Crippen molar-refractivity contribution < 1.29 is 8.57 Å². The summed E-state index contributed by atoms with van der Waals surface area (Å²) < 4.78 is 17.8. The zero-order valence-corrected chi connectivity index (χ0v) is 8.52. The summed E-state index contributed by atoms with van der Waals surface area (Å²) in [6, 6.07) is 6.88. The van der Waals surface area contributed by atoms with Gasteiger partial charge < -0.3 is 9.50 Å². The van der Waals surface area contributed by atoms with E-state index >= 15 is 0 Å². The first kappa shape index (κ1) is 9.80. The molecule has 0 amide bonds. The Morgan fingerprint density at radius 2 is 2.14 bits per heavy atom. The molecule has 1 saturated heterocycles. The van der Waals surface area contributed by atoms with E-state index in [0.717, 1.165) is 24.5 Å². The zero-order valence-electron chi connectivity index (χ0n) is 7.70. The van der Waals surface area contributed by atoms with Gasteiger partial charge >= 0.3 is 0 Å². The maximum absolute atomic E-state index is 12.6. The molecule has 1 unspecified atom stereocenters. The predicted octanol–water partition coefficient (Wildman–Crippen LogP) is 2.67. The predicted molar refractivity (Wildman–Crippen MR) is 56.8 cm³/mol. The van der Waals surface area contributed by atoms with E-state index in [9.17, 15) is 4.39 Å². The molecule has 0 radical (unpaired) electrons. The number of halogens is 1. The molecule has 1 aromatic rings. The number of hydrogen-bond acceptors (Lipinski definition) is 3. The van der Waals surface area contributed by atoms with Crippen LogP contribution in [0.25, 0.3) is 0 Å². The van der Waals surface area contributed by atoms with E-state index in [-0.39, 0.29) is 5.82 Å². The fraction of sp³-hybridized carbons (Fsp3) is 0.400. The molecule has 0 bridgehead atoms. The maximum Gasteiger partial charge on any atom is 0.123 e. The molecule has 4 heteroatoms. The van der Waals surface area contributed by atoms with Gasteiger partial charge in [0.1, 0.15) is 5.82 Å². The number of anilines is 1. The highest BCUT2D eigenvalue weighted by Crippen LogP contribution is 2.19. The highest BCUT2D eigenvalue weighted by atomic mass is 32.2. The number of nitrogens with one attached hydrogen (secondary N) is 1. The Labute approximate surface area is 87.0 Å². The van der Waals surface area contributed by atoms with Gasteiger partial charge in [-0.25, -0.2) is 4.39 Å². The quantitative estimate of drug-likeness (QED) is 0.763. The van der Waals surface area contributed by atoms with Gasteiger partial charge in [0.25, 0.3) is 0 Å². The molecular weight excluding hydrogens is 201 g/mol. The highest BCUT2D eigenvalue weighted by Gasteiger charge is 2.13. The first-order valence-electron chi connectivity index (χ1n) is 4.61. The minimum atomic E-state index is -0.197. The van der Waals surface area contributed by atoms with Crippen LogP contribution in [0.15, 0.2) is 24.3 Å². The minimum Gasteiger partial charge on any atom is -0.381 e. The van der Waals surface area contributed by atoms with Gasteiger partial charge in [0, 0.05) is 17.5 Å². The van der Waals surface area contributed by atoms with Crippen molar-refractivity contribution in [3.63, 3.8) is 0 Å². The molecule has 14 heavy (non-hydrogen) atoms. The minimum absolute atomic E-state index is 0.197. The highest BCUT2D eigenvalue weighted by molar-refractivity contribution is 7.94. The van der Waals surface area contributed by atoms with Crippen LogP contribution in [0.3, 0.4) is 0 Å². The van der Waals surface area contributed by atoms with Gasteiger partial charge in [0.2, 0.25) is 0 Å². The maximum atomic E-state index is 12.6. The molecule has 1 fully saturated rings. The molecule has 0 aromatic heterocycles. The van der Waals surface area contributed by atoms with Crippen LogP contribution >= 0.6 is 12.0 Å². The van der Waals surface area contributed by atoms with E-state index < -0.39 is 0 Å². The summed E-state index contributed by atoms with van der Waals surface area (Å²) in [5.74, 6) is 0.745. The van der Waals surface area contributed by atoms with Crippen molar-refractivity contribution in [2.24, 2.45) is 0 Å². The normalized spacial score (nSPS) is 21.9. The van der Waals surface area contributed by atoms with Gasteiger partial charge in [-0.05, 0) is 42.7 Å². The van der Waals surface area contributed by atoms with Gasteiger partial charge in [0.15, 0.2) is 0 Å². The summed E-state index contributed by atoms with van der Waals surface area (Å²) in [6.07, 6.45) is 1.00. The Bertz CT molecular complexity index is 285. The van der Waals surface area contributed by atoms with Crippen LogP contribution in [0.2, 0.25) is 0 Å². The Morgan fingerprint density at radius 3 is 2.79 bits per heavy atom. The molecule has 1 heterocycles. The lowest BCUT2D eigenvalue weighted by atomic mass is 10.2. The third kappa shape index (κ3) is 2.62. The van der Waals surface area contributed by atoms with E-state index in [1.165, 1.54) is 24.2 Å². The average Bonchev–Trinajstić information content (AvgIpc) is 2.23. The smallest absolute Gasteiger partial charge is 0.123 e. The van der Waals surface area contributed by atoms with E-state index in [1.807, 2.05) is 0 Å². The summed E-state index contributed by atoms with van der Waals surface area (Å²) >= 11 is 1.49. The number of rotatable bonds is 2. The van der Waals surface area contributed by atoms with Crippen LogP contribution < -0.4 is 5.32 Å². The van der Waals surface area contributed by atoms with Gasteiger partial charge in [-0.1, -0.05) is 0 Å². The topological polar surface area (TPSA) is 21.3 Å². The SMILES string of the molecule is Fc1ccc(NC2CCOSC2)cc1. The Morgan fingerprint density at radius 1 is 1.36 bits per heavy atom. The second-order valence-electron chi connectivity index (χ2n) is 3.24. The van der Waals surface area contributed by atoms with Crippen LogP contribution in [0, 0.1) is 5.82 Å². The standard InChI is InChI=1S/C10H12FNOS/c11-8-1-3-9(4-2-8)12-10-5-6-13-14-7-10/h1-4,10,12H,5-7H2. The molecule has 0 aliphatic carbocycles. The van der Waals surface area contributed by atoms with Crippen molar-refractivity contribution in [3.05, 3.63) is 30.1 Å². The fourth-order valence-electron chi connectivity index (χ4n) is 1.36. The third-order valence-corrected chi connectivity index (χ3v) is 2.99. The van der Waals surface area contributed by atoms with Crippen molar-refractivity contribution in [2.75, 3.05) is 17.7 Å². The largest absolute Gasteiger partial charge is 0.381 e. The van der Waals surface area contributed by atoms with Crippen molar-refractivity contribution in [1.82, 2.24) is 0 Å². The molecule has 2 rings (SSSR count). The molecular formula is C10H12FNOS. The summed E-state index contributed by atoms with van der Waals surface area (Å²) in [5, 5.41) is 3.34. The summed E-state index contributed by atoms with van der Waals surface area (Å²) in [7, 11) is 0. The van der Waals surface area contributed by atoms with Crippen LogP contribution in [-0.2, 0) is 4.18 Å². The lowest BCUT2D eigenvalue weighted by Gasteiger charge is -2.22. The summed E-state index contributed by atoms with van der Waals surface area (Å²) in [4.78, 5) is 0. The number of hydrogen-bond donors (Lipinski definition) is 1. The Kier molecular flexibility index (Phi) is 3.26. The zero-order chi connectivity index (χ0) is 9.80. The van der Waals surface area contributed by atoms with Crippen molar-refractivity contribution in [1.29, 1.82) is 0 Å². The molecule has 1 atom stereocenters. The molecule has 0 saturated carbocycles. The average molecular weight is 213 g/mol. The summed E-state index contributed by atoms with van der Waals surface area (Å²) in [5.41, 5.74) is 0.971. The fourth-order valence-corrected chi connectivity index (χ4v) is 2.08. The summed E-state index contributed by atoms with van der Waals surface area (Å²) in [6.45, 7) is 0.781. The molecule has 2 nitrogen and oxygen atoms in total. The van der Waals surface area contributed by atoms with Crippen molar-refractivity contribution in [3.8, 4) is 0 Å². The van der Waals surface area contributed by atoms with Gasteiger partial charge in [0.05, 0.1) is 6.61 Å². The first-order valence-corrected chi connectivity index (χ1v) is 5.52. The Balaban J connectivity index is 1.92. The van der Waals surface area contributed by atoms with Gasteiger partial charge in [-0.2, -0.15) is 0 Å². The second-order valence-corrected chi connectivity index (χ2v) is 4.05. The monoisotopic (exact) mass is 213 g/mol. The second kappa shape index (κ2) is 4.66. The van der Waals surface area contributed by atoms with E-state index in [1.54, 1.807) is 12.1 Å². The van der Waals surface area contributed by atoms with Crippen LogP contribution in [0.1, 0.15) is 6.42 Å². The van der Waals surface area contributed by atoms with Crippen molar-refractivity contribution >= 4 is 17.7 Å². The van der Waals surface area contributed by atoms with Crippen LogP contribution in [0.5, 0.6) is 0 Å². The Hall–Kier alpha value is -0.740. The lowest BCUT2D eigenvalue weighted by Crippen LogP contribution is -2.27. The van der Waals surface area contributed by atoms with E-state index in [0.29, 0.717) is 6.04 Å².